The van der Waals surface area contributed by atoms with Crippen LogP contribution in [0.2, 0.25) is 0 Å². The van der Waals surface area contributed by atoms with Gasteiger partial charge in [-0.15, -0.1) is 0 Å². The Morgan fingerprint density at radius 2 is 2.10 bits per heavy atom. The van der Waals surface area contributed by atoms with Crippen LogP contribution in [0.4, 0.5) is 5.82 Å². The Balaban J connectivity index is 1.41. The Kier molecular flexibility index (Phi) is 5.37. The Morgan fingerprint density at radius 1 is 1.19 bits per heavy atom. The van der Waals surface area contributed by atoms with Crippen LogP contribution in [-0.2, 0) is 9.47 Å². The maximum atomic E-state index is 5.42. The number of hydrogen-bond donors (Lipinski definition) is 1. The van der Waals surface area contributed by atoms with E-state index < -0.39 is 0 Å². The van der Waals surface area contributed by atoms with Gasteiger partial charge in [-0.2, -0.15) is 0 Å². The molecule has 2 saturated heterocycles. The molecule has 2 fully saturated rings. The highest BCUT2D eigenvalue weighted by molar-refractivity contribution is 5.35. The van der Waals surface area contributed by atoms with Crippen LogP contribution >= 0.6 is 0 Å². The number of anilines is 1. The summed E-state index contributed by atoms with van der Waals surface area (Å²) in [6.07, 6.45) is 3.83. The second kappa shape index (κ2) is 7.68. The van der Waals surface area contributed by atoms with Gasteiger partial charge in [0.1, 0.15) is 12.1 Å². The summed E-state index contributed by atoms with van der Waals surface area (Å²) in [5, 5.41) is 3.40. The topological polar surface area (TPSA) is 59.5 Å². The lowest BCUT2D eigenvalue weighted by atomic mass is 10.1. The first-order valence-corrected chi connectivity index (χ1v) is 7.85. The Labute approximate surface area is 125 Å². The van der Waals surface area contributed by atoms with E-state index in [2.05, 4.69) is 26.3 Å². The van der Waals surface area contributed by atoms with Gasteiger partial charge in [0.2, 0.25) is 0 Å². The summed E-state index contributed by atoms with van der Waals surface area (Å²) in [6.45, 7) is 7.53. The van der Waals surface area contributed by atoms with Crippen molar-refractivity contribution in [2.75, 3.05) is 57.9 Å². The van der Waals surface area contributed by atoms with Gasteiger partial charge in [0.05, 0.1) is 25.5 Å². The average Bonchev–Trinajstić information content (AvgIpc) is 3.07. The fourth-order valence-electron chi connectivity index (χ4n) is 2.80. The molecule has 6 nitrogen and oxygen atoms in total. The van der Waals surface area contributed by atoms with Gasteiger partial charge in [-0.3, -0.25) is 4.90 Å². The summed E-state index contributed by atoms with van der Waals surface area (Å²) < 4.78 is 10.8. The van der Waals surface area contributed by atoms with Gasteiger partial charge >= 0.3 is 0 Å². The third kappa shape index (κ3) is 4.36. The molecular formula is C15H24N4O2. The first-order chi connectivity index (χ1) is 10.4. The van der Waals surface area contributed by atoms with E-state index in [0.717, 1.165) is 77.0 Å². The first kappa shape index (κ1) is 14.7. The van der Waals surface area contributed by atoms with Crippen molar-refractivity contribution in [2.24, 2.45) is 0 Å². The van der Waals surface area contributed by atoms with Crippen LogP contribution in [-0.4, -0.2) is 67.5 Å². The van der Waals surface area contributed by atoms with Gasteiger partial charge < -0.3 is 14.8 Å². The second-order valence-corrected chi connectivity index (χ2v) is 5.62. The van der Waals surface area contributed by atoms with Crippen LogP contribution in [0.3, 0.4) is 0 Å². The third-order valence-corrected chi connectivity index (χ3v) is 4.10. The second-order valence-electron chi connectivity index (χ2n) is 5.62. The molecule has 1 unspecified atom stereocenters. The predicted octanol–water partition coefficient (Wildman–Crippen LogP) is 1.11. The van der Waals surface area contributed by atoms with Crippen LogP contribution in [0.5, 0.6) is 0 Å². The van der Waals surface area contributed by atoms with E-state index >= 15 is 0 Å². The molecule has 6 heteroatoms. The van der Waals surface area contributed by atoms with Crippen LogP contribution in [0.25, 0.3) is 0 Å². The molecule has 0 spiro atoms. The minimum absolute atomic E-state index is 0.432. The van der Waals surface area contributed by atoms with Crippen molar-refractivity contribution in [1.82, 2.24) is 14.9 Å². The van der Waals surface area contributed by atoms with Crippen LogP contribution in [0, 0.1) is 0 Å². The van der Waals surface area contributed by atoms with E-state index in [1.807, 2.05) is 0 Å². The number of nitrogens with zero attached hydrogens (tertiary/aromatic N) is 3. The number of rotatable bonds is 6. The highest BCUT2D eigenvalue weighted by atomic mass is 16.5. The summed E-state index contributed by atoms with van der Waals surface area (Å²) in [4.78, 5) is 11.1. The molecule has 0 bridgehead atoms. The van der Waals surface area contributed by atoms with Crippen molar-refractivity contribution in [3.05, 3.63) is 18.1 Å². The SMILES string of the molecule is c1nc(NCCCN2CCOCC2)cc(C2CCOC2)n1. The quantitative estimate of drug-likeness (QED) is 0.793. The van der Waals surface area contributed by atoms with Crippen molar-refractivity contribution >= 4 is 5.82 Å². The summed E-state index contributed by atoms with van der Waals surface area (Å²) in [5.74, 6) is 1.36. The largest absolute Gasteiger partial charge is 0.381 e. The minimum atomic E-state index is 0.432. The fourth-order valence-corrected chi connectivity index (χ4v) is 2.80. The molecule has 0 radical (unpaired) electrons. The molecule has 1 aromatic heterocycles. The maximum absolute atomic E-state index is 5.42. The van der Waals surface area contributed by atoms with Gasteiger partial charge in [-0.25, -0.2) is 9.97 Å². The van der Waals surface area contributed by atoms with Crippen molar-refractivity contribution in [2.45, 2.75) is 18.8 Å². The molecule has 0 aliphatic carbocycles. The fraction of sp³-hybridized carbons (Fsp3) is 0.733. The predicted molar refractivity (Wildman–Crippen MR) is 80.6 cm³/mol. The Morgan fingerprint density at radius 3 is 2.90 bits per heavy atom. The summed E-state index contributed by atoms with van der Waals surface area (Å²) in [7, 11) is 0. The van der Waals surface area contributed by atoms with Crippen LogP contribution < -0.4 is 5.32 Å². The minimum Gasteiger partial charge on any atom is -0.381 e. The van der Waals surface area contributed by atoms with E-state index in [0.29, 0.717) is 5.92 Å². The Bertz CT molecular complexity index is 431. The number of aromatic nitrogens is 2. The number of nitrogens with one attached hydrogen (secondary N) is 1. The zero-order valence-corrected chi connectivity index (χ0v) is 12.5. The molecular weight excluding hydrogens is 268 g/mol. The van der Waals surface area contributed by atoms with Crippen LogP contribution in [0.1, 0.15) is 24.5 Å². The van der Waals surface area contributed by atoms with Gasteiger partial charge in [0.15, 0.2) is 0 Å². The lowest BCUT2D eigenvalue weighted by molar-refractivity contribution is 0.0378. The van der Waals surface area contributed by atoms with Gasteiger partial charge in [0.25, 0.3) is 0 Å². The summed E-state index contributed by atoms with van der Waals surface area (Å²) in [5.41, 5.74) is 1.10. The molecule has 3 heterocycles. The van der Waals surface area contributed by atoms with Gasteiger partial charge in [0, 0.05) is 38.2 Å². The molecule has 3 rings (SSSR count). The molecule has 21 heavy (non-hydrogen) atoms. The van der Waals surface area contributed by atoms with E-state index in [9.17, 15) is 0 Å². The maximum Gasteiger partial charge on any atom is 0.129 e. The van der Waals surface area contributed by atoms with E-state index in [1.54, 1.807) is 6.33 Å². The van der Waals surface area contributed by atoms with Crippen molar-refractivity contribution < 1.29 is 9.47 Å². The van der Waals surface area contributed by atoms with Crippen molar-refractivity contribution in [3.63, 3.8) is 0 Å². The number of morpholine rings is 1. The highest BCUT2D eigenvalue weighted by Gasteiger charge is 2.19. The highest BCUT2D eigenvalue weighted by Crippen LogP contribution is 2.24. The molecule has 0 amide bonds. The molecule has 1 atom stereocenters. The lowest BCUT2D eigenvalue weighted by Gasteiger charge is -2.26. The van der Waals surface area contributed by atoms with Crippen LogP contribution in [0.15, 0.2) is 12.4 Å². The first-order valence-electron chi connectivity index (χ1n) is 7.85. The average molecular weight is 292 g/mol. The smallest absolute Gasteiger partial charge is 0.129 e. The van der Waals surface area contributed by atoms with Gasteiger partial charge in [-0.05, 0) is 19.4 Å². The van der Waals surface area contributed by atoms with E-state index in [-0.39, 0.29) is 0 Å². The Hall–Kier alpha value is -1.24. The lowest BCUT2D eigenvalue weighted by Crippen LogP contribution is -2.37. The third-order valence-electron chi connectivity index (χ3n) is 4.10. The number of ether oxygens (including phenoxy) is 2. The van der Waals surface area contributed by atoms with Crippen molar-refractivity contribution in [1.29, 1.82) is 0 Å². The zero-order valence-electron chi connectivity index (χ0n) is 12.5. The molecule has 0 saturated carbocycles. The molecule has 0 aromatic carbocycles. The molecule has 2 aliphatic rings. The monoisotopic (exact) mass is 292 g/mol. The normalized spacial score (nSPS) is 23.3. The van der Waals surface area contributed by atoms with Crippen molar-refractivity contribution in [3.8, 4) is 0 Å². The molecule has 1 aromatic rings. The van der Waals surface area contributed by atoms with E-state index in [1.165, 1.54) is 0 Å². The number of hydrogen-bond acceptors (Lipinski definition) is 6. The zero-order chi connectivity index (χ0) is 14.3. The summed E-state index contributed by atoms with van der Waals surface area (Å²) >= 11 is 0. The standard InChI is InChI=1S/C15H24N4O2/c1(4-19-5-8-20-9-6-19)3-16-15-10-14(17-12-18-15)13-2-7-21-11-13/h10,12-13H,1-9,11H2,(H,16,17,18). The summed E-state index contributed by atoms with van der Waals surface area (Å²) in [6, 6.07) is 2.06. The van der Waals surface area contributed by atoms with Gasteiger partial charge in [-0.1, -0.05) is 0 Å². The van der Waals surface area contributed by atoms with E-state index in [4.69, 9.17) is 9.47 Å². The molecule has 1 N–H and O–H groups in total. The molecule has 116 valence electrons. The molecule has 2 aliphatic heterocycles.